The first-order valence-corrected chi connectivity index (χ1v) is 11.4. The van der Waals surface area contributed by atoms with Gasteiger partial charge in [-0.25, -0.2) is 0 Å². The highest BCUT2D eigenvalue weighted by atomic mass is 16.5. The predicted octanol–water partition coefficient (Wildman–Crippen LogP) is 5.16. The van der Waals surface area contributed by atoms with E-state index in [1.54, 1.807) is 7.11 Å². The number of carbonyl (C=O) groups excluding carboxylic acids is 1. The number of ether oxygens (including phenoxy) is 2. The molecule has 0 amide bonds. The fourth-order valence-corrected chi connectivity index (χ4v) is 4.04. The average Bonchev–Trinajstić information content (AvgIpc) is 3.25. The van der Waals surface area contributed by atoms with Crippen LogP contribution in [0.5, 0.6) is 11.5 Å². The summed E-state index contributed by atoms with van der Waals surface area (Å²) in [6.07, 6.45) is 7.68. The quantitative estimate of drug-likeness (QED) is 0.367. The number of fused-ring (bicyclic) bond motifs is 1. The summed E-state index contributed by atoms with van der Waals surface area (Å²) in [4.78, 5) is 12.7. The molecule has 1 aliphatic heterocycles. The smallest absolute Gasteiger partial charge is 0.162 e. The number of hydrogen-bond acceptors (Lipinski definition) is 4. The van der Waals surface area contributed by atoms with Crippen LogP contribution in [0.3, 0.4) is 0 Å². The molecule has 0 aliphatic carbocycles. The lowest BCUT2D eigenvalue weighted by molar-refractivity contribution is 0.0979. The van der Waals surface area contributed by atoms with Crippen molar-refractivity contribution in [1.82, 2.24) is 5.32 Å². The molecular weight excluding hydrogens is 374 g/mol. The number of methoxy groups -OCH3 is 1. The predicted molar refractivity (Wildman–Crippen MR) is 122 cm³/mol. The minimum Gasteiger partial charge on any atom is -0.496 e. The van der Waals surface area contributed by atoms with Gasteiger partial charge < -0.3 is 14.8 Å². The highest BCUT2D eigenvalue weighted by Gasteiger charge is 2.19. The Kier molecular flexibility index (Phi) is 8.76. The number of benzene rings is 2. The number of aryl methyl sites for hydroxylation is 1. The Bertz CT molecular complexity index is 831. The summed E-state index contributed by atoms with van der Waals surface area (Å²) >= 11 is 0. The van der Waals surface area contributed by atoms with Crippen molar-refractivity contribution >= 4 is 5.78 Å². The standard InChI is InChI=1S/C26H35NO3/c1-3-4-9-21-18-23(19-22-14-17-30-26(21)22)24(28)11-7-8-15-27-16-13-20-10-5-6-12-25(20)29-2/h5-6,10,12,18-19,27H,3-4,7-9,11,13-17H2,1-2H3. The van der Waals surface area contributed by atoms with Crippen molar-refractivity contribution in [1.29, 1.82) is 0 Å². The van der Waals surface area contributed by atoms with Crippen LogP contribution in [0.4, 0.5) is 0 Å². The van der Waals surface area contributed by atoms with Crippen molar-refractivity contribution < 1.29 is 14.3 Å². The van der Waals surface area contributed by atoms with Gasteiger partial charge in [-0.05, 0) is 80.1 Å². The number of unbranched alkanes of at least 4 members (excludes halogenated alkanes) is 2. The van der Waals surface area contributed by atoms with Crippen molar-refractivity contribution in [2.75, 3.05) is 26.8 Å². The van der Waals surface area contributed by atoms with E-state index in [1.165, 1.54) is 16.7 Å². The minimum atomic E-state index is 0.261. The molecule has 0 radical (unpaired) electrons. The van der Waals surface area contributed by atoms with Gasteiger partial charge in [-0.3, -0.25) is 4.79 Å². The summed E-state index contributed by atoms with van der Waals surface area (Å²) in [5, 5.41) is 3.48. The molecule has 0 saturated heterocycles. The summed E-state index contributed by atoms with van der Waals surface area (Å²) in [6, 6.07) is 12.3. The van der Waals surface area contributed by atoms with Crippen molar-refractivity contribution in [3.8, 4) is 11.5 Å². The van der Waals surface area contributed by atoms with E-state index < -0.39 is 0 Å². The van der Waals surface area contributed by atoms with Gasteiger partial charge in [-0.1, -0.05) is 31.5 Å². The topological polar surface area (TPSA) is 47.6 Å². The van der Waals surface area contributed by atoms with E-state index in [9.17, 15) is 4.79 Å². The highest BCUT2D eigenvalue weighted by molar-refractivity contribution is 5.96. The van der Waals surface area contributed by atoms with Gasteiger partial charge in [0.05, 0.1) is 13.7 Å². The van der Waals surface area contributed by atoms with Crippen LogP contribution in [0.2, 0.25) is 0 Å². The molecule has 2 aromatic carbocycles. The van der Waals surface area contributed by atoms with E-state index in [0.29, 0.717) is 6.42 Å². The monoisotopic (exact) mass is 409 g/mol. The van der Waals surface area contributed by atoms with E-state index in [0.717, 1.165) is 81.7 Å². The molecule has 0 aromatic heterocycles. The van der Waals surface area contributed by atoms with Gasteiger partial charge in [-0.2, -0.15) is 0 Å². The number of ketones is 1. The van der Waals surface area contributed by atoms with Gasteiger partial charge in [0.1, 0.15) is 11.5 Å². The number of nitrogens with one attached hydrogen (secondary N) is 1. The number of Topliss-reactive ketones (excluding diaryl/α,β-unsaturated/α-hetero) is 1. The molecule has 0 spiro atoms. The highest BCUT2D eigenvalue weighted by Crippen LogP contribution is 2.32. The minimum absolute atomic E-state index is 0.261. The van der Waals surface area contributed by atoms with Gasteiger partial charge in [0.25, 0.3) is 0 Å². The second-order valence-corrected chi connectivity index (χ2v) is 8.02. The molecule has 1 N–H and O–H groups in total. The van der Waals surface area contributed by atoms with Crippen LogP contribution in [-0.2, 0) is 19.3 Å². The lowest BCUT2D eigenvalue weighted by Gasteiger charge is -2.11. The zero-order valence-corrected chi connectivity index (χ0v) is 18.5. The Morgan fingerprint density at radius 1 is 1.07 bits per heavy atom. The molecule has 3 rings (SSSR count). The fraction of sp³-hybridized carbons (Fsp3) is 0.500. The second kappa shape index (κ2) is 11.8. The number of rotatable bonds is 13. The maximum absolute atomic E-state index is 12.7. The maximum atomic E-state index is 12.7. The first-order valence-electron chi connectivity index (χ1n) is 11.4. The zero-order chi connectivity index (χ0) is 21.2. The molecule has 0 saturated carbocycles. The lowest BCUT2D eigenvalue weighted by atomic mass is 9.96. The van der Waals surface area contributed by atoms with E-state index in [-0.39, 0.29) is 5.78 Å². The molecule has 4 nitrogen and oxygen atoms in total. The first-order chi connectivity index (χ1) is 14.7. The normalized spacial score (nSPS) is 12.5. The van der Waals surface area contributed by atoms with Gasteiger partial charge in [-0.15, -0.1) is 0 Å². The van der Waals surface area contributed by atoms with Gasteiger partial charge in [0.2, 0.25) is 0 Å². The van der Waals surface area contributed by atoms with Crippen LogP contribution in [0, 0.1) is 0 Å². The molecule has 1 aliphatic rings. The SMILES string of the molecule is CCCCc1cc(C(=O)CCCCNCCc2ccccc2OC)cc2c1OCC2. The van der Waals surface area contributed by atoms with Crippen molar-refractivity contribution in [2.45, 2.75) is 58.3 Å². The molecule has 0 atom stereocenters. The van der Waals surface area contributed by atoms with E-state index in [1.807, 2.05) is 18.2 Å². The average molecular weight is 410 g/mol. The fourth-order valence-electron chi connectivity index (χ4n) is 4.04. The van der Waals surface area contributed by atoms with Crippen LogP contribution in [-0.4, -0.2) is 32.6 Å². The van der Waals surface area contributed by atoms with Crippen LogP contribution in [0.1, 0.15) is 66.1 Å². The molecule has 4 heteroatoms. The number of carbonyl (C=O) groups is 1. The molecule has 162 valence electrons. The lowest BCUT2D eigenvalue weighted by Crippen LogP contribution is -2.19. The first kappa shape index (κ1) is 22.4. The molecule has 2 aromatic rings. The Morgan fingerprint density at radius 2 is 1.93 bits per heavy atom. The molecule has 30 heavy (non-hydrogen) atoms. The van der Waals surface area contributed by atoms with Gasteiger partial charge in [0, 0.05) is 18.4 Å². The van der Waals surface area contributed by atoms with Gasteiger partial charge >= 0.3 is 0 Å². The maximum Gasteiger partial charge on any atom is 0.162 e. The summed E-state index contributed by atoms with van der Waals surface area (Å²) in [5.41, 5.74) is 4.52. The van der Waals surface area contributed by atoms with E-state index in [4.69, 9.17) is 9.47 Å². The van der Waals surface area contributed by atoms with Crippen molar-refractivity contribution in [2.24, 2.45) is 0 Å². The van der Waals surface area contributed by atoms with Gasteiger partial charge in [0.15, 0.2) is 5.78 Å². The zero-order valence-electron chi connectivity index (χ0n) is 18.5. The Labute approximate surface area is 181 Å². The summed E-state index contributed by atoms with van der Waals surface area (Å²) in [6.45, 7) is 4.79. The van der Waals surface area contributed by atoms with E-state index >= 15 is 0 Å². The molecule has 0 bridgehead atoms. The van der Waals surface area contributed by atoms with Crippen molar-refractivity contribution in [3.05, 3.63) is 58.7 Å². The largest absolute Gasteiger partial charge is 0.496 e. The number of para-hydroxylation sites is 1. The van der Waals surface area contributed by atoms with Crippen LogP contribution in [0.25, 0.3) is 0 Å². The van der Waals surface area contributed by atoms with Crippen LogP contribution < -0.4 is 14.8 Å². The summed E-state index contributed by atoms with van der Waals surface area (Å²) in [7, 11) is 1.71. The summed E-state index contributed by atoms with van der Waals surface area (Å²) in [5.74, 6) is 2.25. The van der Waals surface area contributed by atoms with Crippen molar-refractivity contribution in [3.63, 3.8) is 0 Å². The summed E-state index contributed by atoms with van der Waals surface area (Å²) < 4.78 is 11.2. The Balaban J connectivity index is 1.40. The third-order valence-corrected chi connectivity index (χ3v) is 5.75. The second-order valence-electron chi connectivity index (χ2n) is 8.02. The van der Waals surface area contributed by atoms with Crippen LogP contribution >= 0.6 is 0 Å². The van der Waals surface area contributed by atoms with E-state index in [2.05, 4.69) is 30.4 Å². The third-order valence-electron chi connectivity index (χ3n) is 5.75. The van der Waals surface area contributed by atoms with Crippen LogP contribution in [0.15, 0.2) is 36.4 Å². The molecule has 0 fully saturated rings. The molecule has 0 unspecified atom stereocenters. The number of hydrogen-bond donors (Lipinski definition) is 1. The Hall–Kier alpha value is -2.33. The Morgan fingerprint density at radius 3 is 2.77 bits per heavy atom. The third kappa shape index (κ3) is 6.09. The molecule has 1 heterocycles. The molecular formula is C26H35NO3.